The first-order chi connectivity index (χ1) is 15.5. The minimum atomic E-state index is -0.191. The monoisotopic (exact) mass is 436 g/mol. The normalized spacial score (nSPS) is 16.5. The van der Waals surface area contributed by atoms with Crippen LogP contribution in [0.4, 0.5) is 0 Å². The average Bonchev–Trinajstić information content (AvgIpc) is 2.83. The molecule has 4 amide bonds. The van der Waals surface area contributed by atoms with E-state index in [1.165, 1.54) is 0 Å². The van der Waals surface area contributed by atoms with Gasteiger partial charge in [0.15, 0.2) is 0 Å². The fraction of sp³-hybridized carbons (Fsp3) is 0.333. The summed E-state index contributed by atoms with van der Waals surface area (Å²) in [6.45, 7) is 1.60. The molecule has 0 bridgehead atoms. The van der Waals surface area contributed by atoms with Gasteiger partial charge in [0.25, 0.3) is 11.8 Å². The molecule has 0 unspecified atom stereocenters. The molecular formula is C24H28N4O4. The SMILES string of the molecule is O=C1CCN(C(=O)c2ccccc2)CCNC(=O)CCN(C(=O)c2ccccc2)CCN1. The van der Waals surface area contributed by atoms with Crippen LogP contribution >= 0.6 is 0 Å². The fourth-order valence-electron chi connectivity index (χ4n) is 3.47. The zero-order valence-corrected chi connectivity index (χ0v) is 18.0. The Morgan fingerprint density at radius 2 is 0.969 bits per heavy atom. The van der Waals surface area contributed by atoms with Gasteiger partial charge in [0, 0.05) is 63.2 Å². The lowest BCUT2D eigenvalue weighted by Gasteiger charge is -2.25. The van der Waals surface area contributed by atoms with Gasteiger partial charge in [-0.3, -0.25) is 19.2 Å². The van der Waals surface area contributed by atoms with Crippen molar-refractivity contribution < 1.29 is 19.2 Å². The first kappa shape index (κ1) is 23.0. The summed E-state index contributed by atoms with van der Waals surface area (Å²) in [6.07, 6.45) is 0.276. The van der Waals surface area contributed by atoms with Crippen LogP contribution in [-0.4, -0.2) is 72.7 Å². The number of nitrogens with one attached hydrogen (secondary N) is 2. The number of benzene rings is 2. The third-order valence-electron chi connectivity index (χ3n) is 5.24. The largest absolute Gasteiger partial charge is 0.354 e. The number of carbonyl (C=O) groups is 4. The van der Waals surface area contributed by atoms with Gasteiger partial charge >= 0.3 is 0 Å². The van der Waals surface area contributed by atoms with E-state index in [-0.39, 0.29) is 62.6 Å². The number of carbonyl (C=O) groups excluding carboxylic acids is 4. The molecule has 0 radical (unpaired) electrons. The van der Waals surface area contributed by atoms with Crippen LogP contribution in [0, 0.1) is 0 Å². The molecule has 0 saturated carbocycles. The zero-order valence-electron chi connectivity index (χ0n) is 18.0. The summed E-state index contributed by atoms with van der Waals surface area (Å²) >= 11 is 0. The van der Waals surface area contributed by atoms with Gasteiger partial charge in [0.05, 0.1) is 0 Å². The molecule has 8 nitrogen and oxygen atoms in total. The van der Waals surface area contributed by atoms with E-state index in [9.17, 15) is 19.2 Å². The van der Waals surface area contributed by atoms with Gasteiger partial charge in [-0.2, -0.15) is 0 Å². The molecular weight excluding hydrogens is 408 g/mol. The van der Waals surface area contributed by atoms with Crippen LogP contribution in [0.15, 0.2) is 60.7 Å². The molecule has 1 heterocycles. The Morgan fingerprint density at radius 3 is 1.34 bits per heavy atom. The van der Waals surface area contributed by atoms with E-state index in [1.54, 1.807) is 58.3 Å². The highest BCUT2D eigenvalue weighted by atomic mass is 16.2. The van der Waals surface area contributed by atoms with Crippen LogP contribution in [0.1, 0.15) is 33.6 Å². The van der Waals surface area contributed by atoms with Gasteiger partial charge in [-0.05, 0) is 24.3 Å². The molecule has 0 aliphatic carbocycles. The molecule has 1 fully saturated rings. The number of hydrogen-bond acceptors (Lipinski definition) is 4. The molecule has 168 valence electrons. The first-order valence-electron chi connectivity index (χ1n) is 10.8. The lowest BCUT2D eigenvalue weighted by Crippen LogP contribution is -2.44. The van der Waals surface area contributed by atoms with Crippen molar-refractivity contribution in [3.63, 3.8) is 0 Å². The summed E-state index contributed by atoms with van der Waals surface area (Å²) in [6, 6.07) is 17.7. The quantitative estimate of drug-likeness (QED) is 0.741. The maximum absolute atomic E-state index is 12.8. The summed E-state index contributed by atoms with van der Waals surface area (Å²) in [7, 11) is 0. The Bertz CT molecular complexity index is 856. The molecule has 1 saturated heterocycles. The number of nitrogens with zero attached hydrogens (tertiary/aromatic N) is 2. The maximum atomic E-state index is 12.8. The molecule has 3 rings (SSSR count). The van der Waals surface area contributed by atoms with Gasteiger partial charge < -0.3 is 20.4 Å². The van der Waals surface area contributed by atoms with E-state index < -0.39 is 0 Å². The summed E-state index contributed by atoms with van der Waals surface area (Å²) in [5.74, 6) is -0.744. The summed E-state index contributed by atoms with van der Waals surface area (Å²) in [5.41, 5.74) is 1.07. The lowest BCUT2D eigenvalue weighted by molar-refractivity contribution is -0.122. The Labute approximate surface area is 187 Å². The lowest BCUT2D eigenvalue weighted by atomic mass is 10.2. The topological polar surface area (TPSA) is 98.8 Å². The molecule has 8 heteroatoms. The minimum absolute atomic E-state index is 0.138. The molecule has 32 heavy (non-hydrogen) atoms. The van der Waals surface area contributed by atoms with Crippen LogP contribution in [-0.2, 0) is 9.59 Å². The highest BCUT2D eigenvalue weighted by Crippen LogP contribution is 2.07. The predicted octanol–water partition coefficient (Wildman–Crippen LogP) is 1.30. The summed E-state index contributed by atoms with van der Waals surface area (Å²) in [5, 5.41) is 5.62. The Morgan fingerprint density at radius 1 is 0.594 bits per heavy atom. The molecule has 0 atom stereocenters. The third kappa shape index (κ3) is 6.66. The molecule has 0 aromatic heterocycles. The fourth-order valence-corrected chi connectivity index (χ4v) is 3.47. The van der Waals surface area contributed by atoms with Gasteiger partial charge in [0.2, 0.25) is 11.8 Å². The number of rotatable bonds is 2. The van der Waals surface area contributed by atoms with Crippen LogP contribution in [0.5, 0.6) is 0 Å². The second-order valence-corrected chi connectivity index (χ2v) is 7.52. The highest BCUT2D eigenvalue weighted by Gasteiger charge is 2.20. The number of hydrogen-bond donors (Lipinski definition) is 2. The second-order valence-electron chi connectivity index (χ2n) is 7.52. The van der Waals surface area contributed by atoms with E-state index in [0.717, 1.165) is 0 Å². The average molecular weight is 437 g/mol. The Hall–Kier alpha value is -3.68. The van der Waals surface area contributed by atoms with E-state index in [2.05, 4.69) is 10.6 Å². The van der Waals surface area contributed by atoms with Crippen molar-refractivity contribution in [3.8, 4) is 0 Å². The van der Waals surface area contributed by atoms with Crippen molar-refractivity contribution in [1.82, 2.24) is 20.4 Å². The van der Waals surface area contributed by atoms with E-state index >= 15 is 0 Å². The Kier molecular flexibility index (Phi) is 8.36. The van der Waals surface area contributed by atoms with Crippen LogP contribution in [0.2, 0.25) is 0 Å². The van der Waals surface area contributed by atoms with Gasteiger partial charge in [-0.1, -0.05) is 36.4 Å². The van der Waals surface area contributed by atoms with Crippen LogP contribution < -0.4 is 10.6 Å². The van der Waals surface area contributed by atoms with Gasteiger partial charge in [0.1, 0.15) is 0 Å². The van der Waals surface area contributed by atoms with Crippen LogP contribution in [0.25, 0.3) is 0 Å². The van der Waals surface area contributed by atoms with Crippen molar-refractivity contribution in [3.05, 3.63) is 71.8 Å². The summed E-state index contributed by atoms with van der Waals surface area (Å²) < 4.78 is 0. The first-order valence-corrected chi connectivity index (χ1v) is 10.8. The molecule has 0 spiro atoms. The van der Waals surface area contributed by atoms with E-state index in [0.29, 0.717) is 24.2 Å². The highest BCUT2D eigenvalue weighted by molar-refractivity contribution is 5.95. The predicted molar refractivity (Wildman–Crippen MR) is 120 cm³/mol. The van der Waals surface area contributed by atoms with Gasteiger partial charge in [-0.25, -0.2) is 0 Å². The van der Waals surface area contributed by atoms with E-state index in [1.807, 2.05) is 12.1 Å². The molecule has 1 aliphatic rings. The van der Waals surface area contributed by atoms with Crippen LogP contribution in [0.3, 0.4) is 0 Å². The minimum Gasteiger partial charge on any atom is -0.354 e. The standard InChI is InChI=1S/C24H28N4O4/c29-21-11-15-27(23(31)19-7-3-1-4-8-19)17-13-25-22(30)12-16-28(18-14-26-21)24(32)20-9-5-2-6-10-20/h1-10H,11-18H2,(H,25,30)(H,26,29). The summed E-state index contributed by atoms with van der Waals surface area (Å²) in [4.78, 5) is 53.5. The Balaban J connectivity index is 1.65. The van der Waals surface area contributed by atoms with Crippen molar-refractivity contribution in [2.75, 3.05) is 39.3 Å². The smallest absolute Gasteiger partial charge is 0.253 e. The van der Waals surface area contributed by atoms with E-state index in [4.69, 9.17) is 0 Å². The molecule has 2 aromatic carbocycles. The molecule has 1 aliphatic heterocycles. The van der Waals surface area contributed by atoms with Crippen molar-refractivity contribution >= 4 is 23.6 Å². The second kappa shape index (κ2) is 11.6. The molecule has 2 aromatic rings. The number of amides is 4. The molecule has 2 N–H and O–H groups in total. The van der Waals surface area contributed by atoms with Crippen molar-refractivity contribution in [1.29, 1.82) is 0 Å². The zero-order chi connectivity index (χ0) is 22.8. The van der Waals surface area contributed by atoms with Crippen molar-refractivity contribution in [2.24, 2.45) is 0 Å². The maximum Gasteiger partial charge on any atom is 0.253 e. The van der Waals surface area contributed by atoms with Gasteiger partial charge in [-0.15, -0.1) is 0 Å². The third-order valence-corrected chi connectivity index (χ3v) is 5.24. The van der Waals surface area contributed by atoms with Crippen molar-refractivity contribution in [2.45, 2.75) is 12.8 Å².